The molecule has 18 heteroatoms. The van der Waals surface area contributed by atoms with Gasteiger partial charge in [-0.1, -0.05) is 14.9 Å². The quantitative estimate of drug-likeness (QED) is 0.0655. The molecule has 7 heterocycles. The van der Waals surface area contributed by atoms with E-state index in [0.29, 0.717) is 72.4 Å². The van der Waals surface area contributed by atoms with Crippen molar-refractivity contribution in [1.82, 2.24) is 30.0 Å². The van der Waals surface area contributed by atoms with Crippen molar-refractivity contribution in [3.63, 3.8) is 0 Å². The van der Waals surface area contributed by atoms with Crippen molar-refractivity contribution in [2.45, 2.75) is 93.9 Å². The number of ether oxygens (including phenoxy) is 1. The van der Waals surface area contributed by atoms with Crippen LogP contribution in [0.2, 0.25) is 0 Å². The first-order valence-corrected chi connectivity index (χ1v) is 24.8. The van der Waals surface area contributed by atoms with Crippen molar-refractivity contribution >= 4 is 81.1 Å². The van der Waals surface area contributed by atoms with E-state index < -0.39 is 11.2 Å². The van der Waals surface area contributed by atoms with Gasteiger partial charge < -0.3 is 45.4 Å². The largest absolute Gasteiger partial charge is 0.381 e. The third kappa shape index (κ3) is 15.1. The summed E-state index contributed by atoms with van der Waals surface area (Å²) in [6.07, 6.45) is 9.85. The Bertz CT molecular complexity index is 2730. The van der Waals surface area contributed by atoms with Gasteiger partial charge >= 0.3 is 11.4 Å². The number of likely N-dealkylation sites (tertiary alicyclic amines) is 1. The smallest absolute Gasteiger partial charge is 0.319 e. The van der Waals surface area contributed by atoms with Gasteiger partial charge in [0, 0.05) is 124 Å². The minimum absolute atomic E-state index is 0. The van der Waals surface area contributed by atoms with Gasteiger partial charge in [-0.2, -0.15) is 0 Å². The first-order chi connectivity index (χ1) is 34.2. The van der Waals surface area contributed by atoms with E-state index in [1.54, 1.807) is 62.3 Å². The van der Waals surface area contributed by atoms with E-state index in [4.69, 9.17) is 16.3 Å². The molecule has 0 atom stereocenters. The number of benzene rings is 2. The molecule has 0 saturated carbocycles. The highest BCUT2D eigenvalue weighted by Crippen LogP contribution is 2.36. The zero-order valence-corrected chi connectivity index (χ0v) is 43.3. The molecule has 0 radical (unpaired) electrons. The van der Waals surface area contributed by atoms with Gasteiger partial charge in [0.05, 0.1) is 11.1 Å². The summed E-state index contributed by atoms with van der Waals surface area (Å²) < 4.78 is 32.3. The monoisotopic (exact) mass is 1040 g/mol. The third-order valence-electron chi connectivity index (χ3n) is 13.6. The summed E-state index contributed by atoms with van der Waals surface area (Å²) >= 11 is 4.90. The van der Waals surface area contributed by atoms with E-state index in [-0.39, 0.29) is 61.9 Å². The zero-order valence-electron chi connectivity index (χ0n) is 42.5. The Labute approximate surface area is 439 Å². The first-order valence-electron chi connectivity index (χ1n) is 24.4. The lowest BCUT2D eigenvalue weighted by Gasteiger charge is -2.33. The van der Waals surface area contributed by atoms with Crippen molar-refractivity contribution in [3.8, 4) is 0 Å². The van der Waals surface area contributed by atoms with Gasteiger partial charge in [0.1, 0.15) is 23.2 Å². The number of piperidine rings is 2. The Kier molecular flexibility index (Phi) is 22.1. The van der Waals surface area contributed by atoms with Crippen LogP contribution in [0.25, 0.3) is 23.3 Å². The molecule has 3 saturated heterocycles. The van der Waals surface area contributed by atoms with Crippen molar-refractivity contribution in [1.29, 1.82) is 0 Å². The summed E-state index contributed by atoms with van der Waals surface area (Å²) in [5.41, 5.74) is 10.2. The molecule has 0 bridgehead atoms. The number of fused-ring (bicyclic) bond motifs is 2. The number of ketones is 2. The summed E-state index contributed by atoms with van der Waals surface area (Å²) in [6.45, 7) is 12.7. The number of carbonyl (C=O) groups excluding carboxylic acids is 6. The number of nitrogens with one attached hydrogen (secondary N) is 5. The molecule has 2 aromatic carbocycles. The molecule has 5 aliphatic heterocycles. The van der Waals surface area contributed by atoms with Crippen LogP contribution < -0.4 is 16.0 Å². The topological polar surface area (TPSA) is 189 Å². The summed E-state index contributed by atoms with van der Waals surface area (Å²) in [5, 5.41) is 8.37. The van der Waals surface area contributed by atoms with Crippen LogP contribution in [0.1, 0.15) is 110 Å². The van der Waals surface area contributed by atoms with Crippen LogP contribution in [-0.2, 0) is 36.8 Å². The van der Waals surface area contributed by atoms with E-state index >= 15 is 0 Å². The number of rotatable bonds is 8. The number of anilines is 2. The van der Waals surface area contributed by atoms with Crippen molar-refractivity contribution in [3.05, 3.63) is 104 Å². The molecule has 402 valence electrons. The van der Waals surface area contributed by atoms with E-state index in [0.717, 1.165) is 84.2 Å². The molecule has 74 heavy (non-hydrogen) atoms. The Morgan fingerprint density at radius 3 is 1.45 bits per heavy atom. The van der Waals surface area contributed by atoms with Gasteiger partial charge in [0.15, 0.2) is 0 Å². The second-order valence-corrected chi connectivity index (χ2v) is 19.5. The number of aryl methyl sites for hydroxylation is 2. The van der Waals surface area contributed by atoms with Crippen LogP contribution >= 0.6 is 11.6 Å². The molecule has 5 amide bonds. The molecule has 15 nitrogen and oxygen atoms in total. The second-order valence-electron chi connectivity index (χ2n) is 19.2. The lowest BCUT2D eigenvalue weighted by molar-refractivity contribution is -0.124. The number of aromatic nitrogens is 2. The predicted octanol–water partition coefficient (Wildman–Crippen LogP) is 10.1. The number of aromatic amines is 2. The van der Waals surface area contributed by atoms with Crippen molar-refractivity contribution in [2.24, 2.45) is 11.8 Å². The first kappa shape index (κ1) is 60.1. The Morgan fingerprint density at radius 1 is 0.676 bits per heavy atom. The Hall–Kier alpha value is -6.43. The number of carbonyl (C=O) groups is 6. The number of nitrogens with zero attached hydrogens (tertiary/aromatic N) is 3. The highest BCUT2D eigenvalue weighted by Gasteiger charge is 2.31. The number of H-pyrrole nitrogens is 2. The molecule has 5 N–H and O–H groups in total. The van der Waals surface area contributed by atoms with E-state index in [9.17, 15) is 37.5 Å². The SMILES string of the molecule is C.C.C1CCOC1.CN(C)C(=O)Cl.Cc1[nH]c(/C=C2\C(=O)Nc3ccc(F)cc32)c(C)c1CC(=O)C1CCN(C(=O)N(C)C)CC1.Cc1[nH]c(/C=C2\C(=O)Nc3ccc(F)cc32)c(C)c1CC(=O)C1CCNCC1. The molecule has 5 aliphatic rings. The molecule has 0 spiro atoms. The van der Waals surface area contributed by atoms with E-state index in [2.05, 4.69) is 25.9 Å². The minimum atomic E-state index is -0.435. The fourth-order valence-corrected chi connectivity index (χ4v) is 9.31. The minimum Gasteiger partial charge on any atom is -0.381 e. The number of hydrogen-bond donors (Lipinski definition) is 5. The number of amides is 5. The summed E-state index contributed by atoms with van der Waals surface area (Å²) in [5.74, 6) is -0.818. The molecule has 0 unspecified atom stereocenters. The average molecular weight is 1050 g/mol. The zero-order chi connectivity index (χ0) is 52.4. The molecule has 9 rings (SSSR count). The summed E-state index contributed by atoms with van der Waals surface area (Å²) in [4.78, 5) is 83.7. The standard InChI is InChI=1S/C25H29FN4O3.C22H24FN3O2.C4H8O.C3H6ClNO.2CH4/c1-14-18(13-23(31)16-7-9-30(10-8-16)25(33)29(3)4)15(2)27-22(14)12-20-19-11-17(26)5-6-21(19)28-24(20)32;1-12-16(11-21(27)14-5-7-24-8-6-14)13(2)25-20(12)10-18-17-9-15(23)3-4-19(17)26-22(18)28;1-2-4-5-3-1;1-5(2)3(4)6;;/h5-6,11-12,16,27H,7-10,13H2,1-4H3,(H,28,32);3-4,9-10,14,24-25H,5-8,11H2,1-2H3,(H,26,28);1-4H2;1-2H3;2*1H4/b20-12-;18-10-;;;;. The lowest BCUT2D eigenvalue weighted by Crippen LogP contribution is -2.45. The maximum absolute atomic E-state index is 13.7. The van der Waals surface area contributed by atoms with Crippen LogP contribution in [0.5, 0.6) is 0 Å². The predicted molar refractivity (Wildman–Crippen MR) is 291 cm³/mol. The number of halogens is 3. The van der Waals surface area contributed by atoms with Crippen LogP contribution in [0.3, 0.4) is 0 Å². The number of Topliss-reactive ketones (excluding diaryl/α,β-unsaturated/α-hetero) is 2. The van der Waals surface area contributed by atoms with Gasteiger partial charge in [-0.3, -0.25) is 24.0 Å². The highest BCUT2D eigenvalue weighted by atomic mass is 35.5. The highest BCUT2D eigenvalue weighted by molar-refractivity contribution is 6.62. The summed E-state index contributed by atoms with van der Waals surface area (Å²) in [7, 11) is 6.65. The van der Waals surface area contributed by atoms with Crippen LogP contribution in [0, 0.1) is 51.2 Å². The van der Waals surface area contributed by atoms with E-state index in [1.165, 1.54) is 42.0 Å². The molecule has 0 aliphatic carbocycles. The van der Waals surface area contributed by atoms with Crippen molar-refractivity contribution in [2.75, 3.05) is 78.2 Å². The third-order valence-corrected chi connectivity index (χ3v) is 14.0. The van der Waals surface area contributed by atoms with Gasteiger partial charge in [0.2, 0.25) is 0 Å². The average Bonchev–Trinajstić information content (AvgIpc) is 4.19. The summed E-state index contributed by atoms with van der Waals surface area (Å²) in [6, 6.07) is 8.46. The van der Waals surface area contributed by atoms with Crippen LogP contribution in [-0.4, -0.2) is 127 Å². The normalized spacial score (nSPS) is 16.9. The fourth-order valence-electron chi connectivity index (χ4n) is 9.31. The maximum Gasteiger partial charge on any atom is 0.319 e. The maximum atomic E-state index is 13.7. The van der Waals surface area contributed by atoms with Crippen molar-refractivity contribution < 1.29 is 42.3 Å². The molecule has 4 aromatic rings. The van der Waals surface area contributed by atoms with Gasteiger partial charge in [-0.05, 0) is 162 Å². The molecular weight excluding hydrogens is 970 g/mol. The Balaban J connectivity index is 0.000000261. The Morgan fingerprint density at radius 2 is 1.08 bits per heavy atom. The van der Waals surface area contributed by atoms with Gasteiger partial charge in [-0.15, -0.1) is 0 Å². The van der Waals surface area contributed by atoms with Crippen LogP contribution in [0.4, 0.5) is 29.7 Å². The number of hydrogen-bond acceptors (Lipinski definition) is 8. The van der Waals surface area contributed by atoms with E-state index in [1.807, 2.05) is 27.7 Å². The lowest BCUT2D eigenvalue weighted by atomic mass is 9.88. The number of urea groups is 1. The van der Waals surface area contributed by atoms with Crippen LogP contribution in [0.15, 0.2) is 36.4 Å². The van der Waals surface area contributed by atoms with Gasteiger partial charge in [0.25, 0.3) is 11.8 Å². The molecule has 3 fully saturated rings. The molecular formula is C56H75ClF2N8O7. The second kappa shape index (κ2) is 27.2. The van der Waals surface area contributed by atoms with Gasteiger partial charge in [-0.25, -0.2) is 13.6 Å². The fraction of sp³-hybridized carbons (Fsp3) is 0.464. The molecule has 2 aromatic heterocycles.